The smallest absolute Gasteiger partial charge is 0.416 e. The summed E-state index contributed by atoms with van der Waals surface area (Å²) in [7, 11) is 0. The second-order valence-corrected chi connectivity index (χ2v) is 8.41. The number of benzene rings is 3. The number of nitrogens with one attached hydrogen (secondary N) is 2. The Morgan fingerprint density at radius 3 is 2.49 bits per heavy atom. The maximum atomic E-state index is 13.0. The van der Waals surface area contributed by atoms with Gasteiger partial charge in [0, 0.05) is 22.0 Å². The molecular weight excluding hydrogens is 507 g/mol. The van der Waals surface area contributed by atoms with Crippen molar-refractivity contribution in [2.45, 2.75) is 20.0 Å². The molecule has 0 radical (unpaired) electrons. The Morgan fingerprint density at radius 1 is 1.05 bits per heavy atom. The number of nitrogens with zero attached hydrogens (tertiary/aromatic N) is 1. The summed E-state index contributed by atoms with van der Waals surface area (Å²) in [5, 5.41) is 14.8. The molecule has 10 heteroatoms. The molecule has 0 saturated heterocycles. The lowest BCUT2D eigenvalue weighted by molar-refractivity contribution is -0.137. The number of hydrogen-bond donors (Lipinski definition) is 2. The van der Waals surface area contributed by atoms with E-state index in [2.05, 4.69) is 10.6 Å². The van der Waals surface area contributed by atoms with Crippen LogP contribution in [-0.2, 0) is 15.8 Å². The topological polar surface area (TPSA) is 91.2 Å². The summed E-state index contributed by atoms with van der Waals surface area (Å²) in [6, 6.07) is 15.7. The van der Waals surface area contributed by atoms with Crippen molar-refractivity contribution in [3.63, 3.8) is 0 Å². The number of hydrogen-bond acceptors (Lipinski definition) is 4. The minimum atomic E-state index is -4.59. The predicted molar refractivity (Wildman–Crippen MR) is 135 cm³/mol. The molecule has 3 aromatic carbocycles. The van der Waals surface area contributed by atoms with Gasteiger partial charge in [0.25, 0.3) is 11.8 Å². The summed E-state index contributed by atoms with van der Waals surface area (Å²) in [6.45, 7) is 3.43. The van der Waals surface area contributed by atoms with Gasteiger partial charge >= 0.3 is 6.18 Å². The van der Waals surface area contributed by atoms with Gasteiger partial charge in [0.2, 0.25) is 0 Å². The van der Waals surface area contributed by atoms with Crippen LogP contribution in [0.3, 0.4) is 0 Å². The molecule has 0 fully saturated rings. The van der Waals surface area contributed by atoms with Crippen molar-refractivity contribution < 1.29 is 27.5 Å². The number of alkyl halides is 3. The maximum Gasteiger partial charge on any atom is 0.416 e. The Bertz CT molecular complexity index is 1410. The predicted octanol–water partition coefficient (Wildman–Crippen LogP) is 6.54. The highest BCUT2D eigenvalue weighted by Crippen LogP contribution is 2.31. The van der Waals surface area contributed by atoms with Gasteiger partial charge in [0.15, 0.2) is 6.61 Å². The molecule has 0 aliphatic carbocycles. The molecule has 3 aromatic rings. The average molecular weight is 528 g/mol. The number of carbonyl (C=O) groups is 2. The first kappa shape index (κ1) is 27.3. The maximum absolute atomic E-state index is 13.0. The molecule has 0 aromatic heterocycles. The zero-order valence-corrected chi connectivity index (χ0v) is 20.5. The minimum Gasteiger partial charge on any atom is -0.483 e. The van der Waals surface area contributed by atoms with Crippen LogP contribution in [0.5, 0.6) is 5.75 Å². The van der Waals surface area contributed by atoms with Crippen LogP contribution < -0.4 is 15.4 Å². The Labute approximate surface area is 216 Å². The molecule has 0 heterocycles. The van der Waals surface area contributed by atoms with Crippen molar-refractivity contribution in [1.82, 2.24) is 0 Å². The van der Waals surface area contributed by atoms with Crippen molar-refractivity contribution in [3.8, 4) is 11.8 Å². The molecule has 0 aliphatic rings. The Balaban J connectivity index is 1.77. The van der Waals surface area contributed by atoms with E-state index in [4.69, 9.17) is 16.3 Å². The van der Waals surface area contributed by atoms with Crippen LogP contribution in [0, 0.1) is 25.2 Å². The van der Waals surface area contributed by atoms with Gasteiger partial charge in [0.1, 0.15) is 17.4 Å². The van der Waals surface area contributed by atoms with E-state index in [0.717, 1.165) is 29.3 Å². The van der Waals surface area contributed by atoms with Gasteiger partial charge in [0.05, 0.1) is 5.56 Å². The number of rotatable bonds is 7. The number of nitriles is 1. The molecule has 0 atom stereocenters. The molecule has 2 N–H and O–H groups in total. The first-order valence-corrected chi connectivity index (χ1v) is 11.2. The molecule has 0 unspecified atom stereocenters. The zero-order valence-electron chi connectivity index (χ0n) is 19.7. The third kappa shape index (κ3) is 7.35. The molecule has 0 saturated carbocycles. The van der Waals surface area contributed by atoms with Gasteiger partial charge in [-0.1, -0.05) is 29.8 Å². The van der Waals surface area contributed by atoms with Crippen LogP contribution in [0.1, 0.15) is 22.3 Å². The monoisotopic (exact) mass is 527 g/mol. The number of anilines is 2. The Hall–Kier alpha value is -4.29. The number of carbonyl (C=O) groups excluding carboxylic acids is 2. The summed E-state index contributed by atoms with van der Waals surface area (Å²) < 4.78 is 44.5. The van der Waals surface area contributed by atoms with E-state index in [1.54, 1.807) is 12.1 Å². The summed E-state index contributed by atoms with van der Waals surface area (Å²) in [4.78, 5) is 25.1. The van der Waals surface area contributed by atoms with Crippen LogP contribution in [0.4, 0.5) is 24.5 Å². The van der Waals surface area contributed by atoms with E-state index >= 15 is 0 Å². The highest BCUT2D eigenvalue weighted by Gasteiger charge is 2.30. The van der Waals surface area contributed by atoms with E-state index in [-0.39, 0.29) is 28.6 Å². The summed E-state index contributed by atoms with van der Waals surface area (Å²) in [6.07, 6.45) is -3.42. The van der Waals surface area contributed by atoms with E-state index < -0.39 is 29.1 Å². The lowest BCUT2D eigenvalue weighted by atomic mass is 10.1. The fraction of sp³-hybridized carbons (Fsp3) is 0.148. The molecule has 3 rings (SSSR count). The standard InChI is InChI=1S/C27H21ClF3N3O3/c1-16-5-3-8-23(17(16)2)34-25(35)15-37-24-10-9-21(28)12-18(24)11-19(14-32)26(36)33-22-7-4-6-20(13-22)27(29,30)31/h3-13H,15H2,1-2H3,(H,33,36)(H,34,35)/b19-11+. The second kappa shape index (κ2) is 11.6. The van der Waals surface area contributed by atoms with Crippen LogP contribution >= 0.6 is 11.6 Å². The molecular formula is C27H21ClF3N3O3. The van der Waals surface area contributed by atoms with Crippen LogP contribution in [0.25, 0.3) is 6.08 Å². The summed E-state index contributed by atoms with van der Waals surface area (Å²) >= 11 is 6.06. The van der Waals surface area contributed by atoms with E-state index in [1.807, 2.05) is 26.0 Å². The van der Waals surface area contributed by atoms with Gasteiger partial charge in [-0.25, -0.2) is 0 Å². The van der Waals surface area contributed by atoms with Crippen molar-refractivity contribution in [1.29, 1.82) is 5.26 Å². The summed E-state index contributed by atoms with van der Waals surface area (Å²) in [5.41, 5.74) is 1.30. The van der Waals surface area contributed by atoms with Crippen LogP contribution in [-0.4, -0.2) is 18.4 Å². The van der Waals surface area contributed by atoms with Crippen molar-refractivity contribution in [2.75, 3.05) is 17.2 Å². The molecule has 0 spiro atoms. The first-order chi connectivity index (χ1) is 17.5. The first-order valence-electron chi connectivity index (χ1n) is 10.9. The highest BCUT2D eigenvalue weighted by atomic mass is 35.5. The highest BCUT2D eigenvalue weighted by molar-refractivity contribution is 6.30. The van der Waals surface area contributed by atoms with Crippen molar-refractivity contribution in [2.24, 2.45) is 0 Å². The third-order valence-corrected chi connectivity index (χ3v) is 5.56. The normalized spacial score (nSPS) is 11.4. The fourth-order valence-corrected chi connectivity index (χ4v) is 3.44. The van der Waals surface area contributed by atoms with Gasteiger partial charge in [-0.3, -0.25) is 9.59 Å². The molecule has 37 heavy (non-hydrogen) atoms. The average Bonchev–Trinajstić information content (AvgIpc) is 2.84. The summed E-state index contributed by atoms with van der Waals surface area (Å²) in [5.74, 6) is -1.19. The zero-order chi connectivity index (χ0) is 27.2. The molecule has 0 bridgehead atoms. The largest absolute Gasteiger partial charge is 0.483 e. The van der Waals surface area contributed by atoms with Crippen LogP contribution in [0.15, 0.2) is 66.2 Å². The van der Waals surface area contributed by atoms with Gasteiger partial charge < -0.3 is 15.4 Å². The fourth-order valence-electron chi connectivity index (χ4n) is 3.26. The Morgan fingerprint density at radius 2 is 1.78 bits per heavy atom. The number of amides is 2. The van der Waals surface area contributed by atoms with Crippen LogP contribution in [0.2, 0.25) is 5.02 Å². The Kier molecular flexibility index (Phi) is 8.58. The van der Waals surface area contributed by atoms with E-state index in [1.165, 1.54) is 30.3 Å². The van der Waals surface area contributed by atoms with Gasteiger partial charge in [-0.15, -0.1) is 0 Å². The van der Waals surface area contributed by atoms with E-state index in [9.17, 15) is 28.0 Å². The molecule has 6 nitrogen and oxygen atoms in total. The number of ether oxygens (including phenoxy) is 1. The molecule has 190 valence electrons. The number of halogens is 4. The third-order valence-electron chi connectivity index (χ3n) is 5.32. The second-order valence-electron chi connectivity index (χ2n) is 7.97. The quantitative estimate of drug-likeness (QED) is 0.269. The van der Waals surface area contributed by atoms with Gasteiger partial charge in [-0.2, -0.15) is 18.4 Å². The molecule has 2 amide bonds. The lowest BCUT2D eigenvalue weighted by Crippen LogP contribution is -2.21. The van der Waals surface area contributed by atoms with Crippen molar-refractivity contribution in [3.05, 3.63) is 93.5 Å². The minimum absolute atomic E-state index is 0.133. The lowest BCUT2D eigenvalue weighted by Gasteiger charge is -2.13. The van der Waals surface area contributed by atoms with E-state index in [0.29, 0.717) is 5.69 Å². The van der Waals surface area contributed by atoms with Gasteiger partial charge in [-0.05, 0) is 73.5 Å². The SMILES string of the molecule is Cc1cccc(NC(=O)COc2ccc(Cl)cc2/C=C(\C#N)C(=O)Nc2cccc(C(F)(F)F)c2)c1C. The molecule has 0 aliphatic heterocycles. The number of aryl methyl sites for hydroxylation is 1. The van der Waals surface area contributed by atoms with Crippen molar-refractivity contribution >= 4 is 40.9 Å².